The van der Waals surface area contributed by atoms with Crippen LogP contribution < -0.4 is 21.3 Å². The van der Waals surface area contributed by atoms with Gasteiger partial charge in [0.2, 0.25) is 23.6 Å². The summed E-state index contributed by atoms with van der Waals surface area (Å²) < 4.78 is 5.20. The molecule has 0 spiro atoms. The van der Waals surface area contributed by atoms with E-state index >= 15 is 0 Å². The van der Waals surface area contributed by atoms with Crippen LogP contribution in [-0.2, 0) is 29.7 Å². The molecule has 1 aromatic carbocycles. The molecule has 0 heterocycles. The van der Waals surface area contributed by atoms with Gasteiger partial charge in [0.25, 0.3) is 0 Å². The van der Waals surface area contributed by atoms with E-state index in [4.69, 9.17) is 10.3 Å². The summed E-state index contributed by atoms with van der Waals surface area (Å²) in [5.41, 5.74) is 9.79. The average Bonchev–Trinajstić information content (AvgIpc) is 2.88. The van der Waals surface area contributed by atoms with Crippen molar-refractivity contribution in [3.8, 4) is 0 Å². The maximum Gasteiger partial charge on any atom is 0.408 e. The van der Waals surface area contributed by atoms with Crippen molar-refractivity contribution in [1.29, 1.82) is 0 Å². The topological polar surface area (TPSA) is 212 Å². The fraction of sp³-hybridized carbons (Fsp3) is 0.577. The molecule has 0 radical (unpaired) electrons. The Morgan fingerprint density at radius 1 is 1.02 bits per heavy atom. The molecule has 1 aromatic rings. The molecule has 5 N–H and O–H groups in total. The standard InChI is InChI=1S/C26H39N7O7S/c1-15(2)21(31-25(39)40-26(4,5)6)24(38)28-11-20(35)29-19(14-41-13-17-9-7-16(3)8-10-17)22(36)30-18(12-34)23(37)32-33-27/h7-10,15,18-19,21,34H,11-14H2,1-6H3,(H,28,38)(H,29,35)(H,30,36)(H,31,39)/t18-,19-,21-/m0/s1. The first-order chi connectivity index (χ1) is 19.2. The van der Waals surface area contributed by atoms with Crippen LogP contribution in [0.1, 0.15) is 45.7 Å². The summed E-state index contributed by atoms with van der Waals surface area (Å²) >= 11 is 1.33. The lowest BCUT2D eigenvalue weighted by molar-refractivity contribution is -0.132. The van der Waals surface area contributed by atoms with Gasteiger partial charge in [0, 0.05) is 16.4 Å². The Morgan fingerprint density at radius 3 is 2.20 bits per heavy atom. The average molecular weight is 594 g/mol. The molecule has 0 aliphatic carbocycles. The summed E-state index contributed by atoms with van der Waals surface area (Å²) in [6, 6.07) is 4.11. The van der Waals surface area contributed by atoms with Crippen molar-refractivity contribution < 1.29 is 33.8 Å². The minimum Gasteiger partial charge on any atom is -0.444 e. The number of amides is 5. The SMILES string of the molecule is Cc1ccc(CSC[C@H](NC(=O)CNC(=O)[C@@H](NC(=O)OC(C)(C)C)C(C)C)C(=O)N[C@@H](CO)C(=O)N=[N+]=[N-])cc1. The van der Waals surface area contributed by atoms with E-state index in [2.05, 4.69) is 31.3 Å². The quantitative estimate of drug-likeness (QED) is 0.121. The van der Waals surface area contributed by atoms with Gasteiger partial charge in [-0.1, -0.05) is 43.7 Å². The van der Waals surface area contributed by atoms with Gasteiger partial charge in [0.05, 0.1) is 13.2 Å². The normalized spacial score (nSPS) is 13.2. The second kappa shape index (κ2) is 17.1. The molecule has 0 aliphatic rings. The largest absolute Gasteiger partial charge is 0.444 e. The third-order valence-electron chi connectivity index (χ3n) is 5.31. The van der Waals surface area contributed by atoms with E-state index in [0.29, 0.717) is 5.75 Å². The Hall–Kier alpha value is -3.81. The van der Waals surface area contributed by atoms with Crippen LogP contribution in [0.15, 0.2) is 29.4 Å². The molecule has 0 bridgehead atoms. The first-order valence-electron chi connectivity index (χ1n) is 12.9. The number of alkyl carbamates (subject to hydrolysis) is 1. The van der Waals surface area contributed by atoms with Gasteiger partial charge >= 0.3 is 6.09 Å². The number of aliphatic hydroxyl groups excluding tert-OH is 1. The van der Waals surface area contributed by atoms with Gasteiger partial charge in [0.1, 0.15) is 23.7 Å². The van der Waals surface area contributed by atoms with Crippen LogP contribution in [-0.4, -0.2) is 77.5 Å². The molecule has 0 aromatic heterocycles. The number of thioether (sulfide) groups is 1. The number of rotatable bonds is 14. The van der Waals surface area contributed by atoms with E-state index in [-0.39, 0.29) is 11.7 Å². The van der Waals surface area contributed by atoms with Crippen LogP contribution in [0.2, 0.25) is 0 Å². The van der Waals surface area contributed by atoms with Crippen LogP contribution in [0.4, 0.5) is 4.79 Å². The monoisotopic (exact) mass is 593 g/mol. The van der Waals surface area contributed by atoms with Crippen molar-refractivity contribution in [3.63, 3.8) is 0 Å². The van der Waals surface area contributed by atoms with E-state index < -0.39 is 66.6 Å². The number of benzene rings is 1. The molecule has 3 atom stereocenters. The first kappa shape index (κ1) is 35.2. The molecule has 15 heteroatoms. The van der Waals surface area contributed by atoms with E-state index in [1.165, 1.54) is 11.8 Å². The molecular formula is C26H39N7O7S. The second-order valence-corrected chi connectivity index (χ2v) is 11.5. The predicted molar refractivity (Wildman–Crippen MR) is 153 cm³/mol. The number of ether oxygens (including phenoxy) is 1. The second-order valence-electron chi connectivity index (χ2n) is 10.5. The number of carbonyl (C=O) groups is 5. The minimum absolute atomic E-state index is 0.0854. The van der Waals surface area contributed by atoms with Crippen molar-refractivity contribution in [1.82, 2.24) is 21.3 Å². The van der Waals surface area contributed by atoms with Crippen molar-refractivity contribution in [2.75, 3.05) is 18.9 Å². The van der Waals surface area contributed by atoms with Crippen LogP contribution in [0, 0.1) is 12.8 Å². The number of nitrogens with zero attached hydrogens (tertiary/aromatic N) is 3. The summed E-state index contributed by atoms with van der Waals surface area (Å²) in [5.74, 6) is -2.95. The van der Waals surface area contributed by atoms with Crippen LogP contribution in [0.25, 0.3) is 10.4 Å². The Kier molecular flexibility index (Phi) is 14.7. The smallest absolute Gasteiger partial charge is 0.408 e. The van der Waals surface area contributed by atoms with Crippen molar-refractivity contribution in [3.05, 3.63) is 45.8 Å². The van der Waals surface area contributed by atoms with E-state index in [1.54, 1.807) is 34.6 Å². The van der Waals surface area contributed by atoms with Crippen molar-refractivity contribution in [2.24, 2.45) is 11.0 Å². The zero-order valence-corrected chi connectivity index (χ0v) is 24.9. The van der Waals surface area contributed by atoms with Crippen LogP contribution >= 0.6 is 11.8 Å². The summed E-state index contributed by atoms with van der Waals surface area (Å²) in [4.78, 5) is 64.7. The van der Waals surface area contributed by atoms with Crippen molar-refractivity contribution in [2.45, 2.75) is 71.0 Å². The molecule has 0 unspecified atom stereocenters. The summed E-state index contributed by atoms with van der Waals surface area (Å²) in [6.07, 6.45) is -0.785. The molecule has 5 amide bonds. The van der Waals surface area contributed by atoms with E-state index in [1.807, 2.05) is 31.2 Å². The molecule has 1 rings (SSSR count). The minimum atomic E-state index is -1.50. The van der Waals surface area contributed by atoms with Gasteiger partial charge in [-0.15, -0.1) is 0 Å². The summed E-state index contributed by atoms with van der Waals surface area (Å²) in [5, 5.41) is 22.1. The van der Waals surface area contributed by atoms with Gasteiger partial charge in [-0.25, -0.2) is 4.79 Å². The summed E-state index contributed by atoms with van der Waals surface area (Å²) in [6.45, 7) is 9.10. The number of hydrogen-bond donors (Lipinski definition) is 5. The number of aliphatic hydroxyl groups is 1. The lowest BCUT2D eigenvalue weighted by Gasteiger charge is -2.25. The third-order valence-corrected chi connectivity index (χ3v) is 6.42. The molecule has 41 heavy (non-hydrogen) atoms. The molecule has 0 saturated carbocycles. The zero-order chi connectivity index (χ0) is 31.2. The van der Waals surface area contributed by atoms with Gasteiger partial charge < -0.3 is 31.1 Å². The number of aryl methyl sites for hydroxylation is 1. The van der Waals surface area contributed by atoms with Gasteiger partial charge in [-0.2, -0.15) is 11.8 Å². The fourth-order valence-electron chi connectivity index (χ4n) is 3.23. The molecule has 0 fully saturated rings. The fourth-order valence-corrected chi connectivity index (χ4v) is 4.24. The Labute approximate surface area is 243 Å². The molecule has 0 saturated heterocycles. The maximum atomic E-state index is 12.9. The predicted octanol–water partition coefficient (Wildman–Crippen LogP) is 1.69. The lowest BCUT2D eigenvalue weighted by atomic mass is 10.0. The van der Waals surface area contributed by atoms with Gasteiger partial charge in [-0.05, 0) is 49.8 Å². The van der Waals surface area contributed by atoms with Crippen LogP contribution in [0.5, 0.6) is 0 Å². The summed E-state index contributed by atoms with van der Waals surface area (Å²) in [7, 11) is 0. The number of hydrogen-bond acceptors (Lipinski definition) is 8. The number of azide groups is 1. The number of carbonyl (C=O) groups excluding carboxylic acids is 5. The zero-order valence-electron chi connectivity index (χ0n) is 24.1. The highest BCUT2D eigenvalue weighted by molar-refractivity contribution is 7.98. The highest BCUT2D eigenvalue weighted by Gasteiger charge is 2.29. The number of nitrogens with one attached hydrogen (secondary N) is 4. The third kappa shape index (κ3) is 13.9. The first-order valence-corrected chi connectivity index (χ1v) is 14.0. The molecular weight excluding hydrogens is 554 g/mol. The highest BCUT2D eigenvalue weighted by Crippen LogP contribution is 2.14. The van der Waals surface area contributed by atoms with Gasteiger partial charge in [-0.3, -0.25) is 19.2 Å². The lowest BCUT2D eigenvalue weighted by Crippen LogP contribution is -2.56. The molecule has 226 valence electrons. The molecule has 0 aliphatic heterocycles. The van der Waals surface area contributed by atoms with E-state index in [0.717, 1.165) is 11.1 Å². The Morgan fingerprint density at radius 2 is 1.66 bits per heavy atom. The highest BCUT2D eigenvalue weighted by atomic mass is 32.2. The Balaban J connectivity index is 2.88. The Bertz CT molecular complexity index is 1120. The van der Waals surface area contributed by atoms with Gasteiger partial charge in [0.15, 0.2) is 0 Å². The van der Waals surface area contributed by atoms with Crippen molar-refractivity contribution >= 4 is 41.5 Å². The molecule has 14 nitrogen and oxygen atoms in total. The maximum absolute atomic E-state index is 12.9. The van der Waals surface area contributed by atoms with E-state index in [9.17, 15) is 29.1 Å². The van der Waals surface area contributed by atoms with Crippen LogP contribution in [0.3, 0.4) is 0 Å².